The lowest BCUT2D eigenvalue weighted by Gasteiger charge is -2.33. The monoisotopic (exact) mass is 190 g/mol. The minimum atomic E-state index is -0.0676. The third-order valence-electron chi connectivity index (χ3n) is 3.25. The molecule has 3 rings (SSSR count). The van der Waals surface area contributed by atoms with Gasteiger partial charge in [-0.15, -0.1) is 0 Å². The molecule has 0 amide bonds. The van der Waals surface area contributed by atoms with Crippen LogP contribution >= 0.6 is 0 Å². The summed E-state index contributed by atoms with van der Waals surface area (Å²) in [7, 11) is 0. The molecule has 1 fully saturated rings. The van der Waals surface area contributed by atoms with Crippen LogP contribution < -0.4 is 5.32 Å². The molecule has 0 radical (unpaired) electrons. The molecule has 1 spiro atoms. The number of piperidine rings is 1. The predicted octanol–water partition coefficient (Wildman–Crippen LogP) is 1.19. The summed E-state index contributed by atoms with van der Waals surface area (Å²) in [6, 6.07) is 2.07. The average Bonchev–Trinajstić information content (AvgIpc) is 2.60. The lowest BCUT2D eigenvalue weighted by atomic mass is 9.87. The molecule has 1 unspecified atom stereocenters. The summed E-state index contributed by atoms with van der Waals surface area (Å²) in [5.41, 5.74) is 2.54. The molecular formula is C11H14N2O. The van der Waals surface area contributed by atoms with E-state index in [0.29, 0.717) is 0 Å². The highest BCUT2D eigenvalue weighted by atomic mass is 16.5. The van der Waals surface area contributed by atoms with Gasteiger partial charge in [0, 0.05) is 24.5 Å². The Morgan fingerprint density at radius 1 is 1.50 bits per heavy atom. The molecule has 74 valence electrons. The Morgan fingerprint density at radius 3 is 3.36 bits per heavy atom. The van der Waals surface area contributed by atoms with Crippen molar-refractivity contribution in [2.45, 2.75) is 25.0 Å². The summed E-state index contributed by atoms with van der Waals surface area (Å²) >= 11 is 0. The van der Waals surface area contributed by atoms with Crippen molar-refractivity contribution < 1.29 is 4.74 Å². The van der Waals surface area contributed by atoms with Crippen LogP contribution in [-0.4, -0.2) is 18.1 Å². The van der Waals surface area contributed by atoms with E-state index in [1.807, 2.05) is 12.4 Å². The molecule has 1 saturated heterocycles. The van der Waals surface area contributed by atoms with E-state index in [2.05, 4.69) is 16.4 Å². The smallest absolute Gasteiger partial charge is 0.108 e. The number of nitrogens with one attached hydrogen (secondary N) is 1. The van der Waals surface area contributed by atoms with Crippen LogP contribution in [0.1, 0.15) is 24.0 Å². The van der Waals surface area contributed by atoms with Crippen LogP contribution in [0.3, 0.4) is 0 Å². The summed E-state index contributed by atoms with van der Waals surface area (Å²) < 4.78 is 5.95. The molecule has 3 nitrogen and oxygen atoms in total. The molecule has 0 bridgehead atoms. The van der Waals surface area contributed by atoms with Gasteiger partial charge in [-0.05, 0) is 31.0 Å². The van der Waals surface area contributed by atoms with Crippen molar-refractivity contribution in [2.24, 2.45) is 0 Å². The fraction of sp³-hybridized carbons (Fsp3) is 0.545. The maximum absolute atomic E-state index is 5.95. The Labute approximate surface area is 83.5 Å². The van der Waals surface area contributed by atoms with E-state index in [-0.39, 0.29) is 5.60 Å². The first kappa shape index (κ1) is 8.38. The third kappa shape index (κ3) is 1.09. The predicted molar refractivity (Wildman–Crippen MR) is 52.8 cm³/mol. The SMILES string of the molecule is c1cc2c(cn1)C1(CCCNC1)OC2. The zero-order valence-corrected chi connectivity index (χ0v) is 8.12. The van der Waals surface area contributed by atoms with Gasteiger partial charge in [-0.2, -0.15) is 0 Å². The maximum atomic E-state index is 5.95. The first-order valence-electron chi connectivity index (χ1n) is 5.19. The van der Waals surface area contributed by atoms with Crippen molar-refractivity contribution in [3.05, 3.63) is 29.6 Å². The number of pyridine rings is 1. The second-order valence-electron chi connectivity index (χ2n) is 4.10. The van der Waals surface area contributed by atoms with Gasteiger partial charge in [-0.3, -0.25) is 4.98 Å². The van der Waals surface area contributed by atoms with Crippen molar-refractivity contribution in [1.82, 2.24) is 10.3 Å². The van der Waals surface area contributed by atoms with Gasteiger partial charge in [-0.25, -0.2) is 0 Å². The third-order valence-corrected chi connectivity index (χ3v) is 3.25. The number of hydrogen-bond donors (Lipinski definition) is 1. The minimum Gasteiger partial charge on any atom is -0.364 e. The van der Waals surface area contributed by atoms with Gasteiger partial charge < -0.3 is 10.1 Å². The summed E-state index contributed by atoms with van der Waals surface area (Å²) in [4.78, 5) is 4.20. The zero-order valence-electron chi connectivity index (χ0n) is 8.12. The highest BCUT2D eigenvalue weighted by molar-refractivity contribution is 5.33. The maximum Gasteiger partial charge on any atom is 0.108 e. The number of rotatable bonds is 0. The summed E-state index contributed by atoms with van der Waals surface area (Å²) in [5.74, 6) is 0. The molecule has 1 aromatic heterocycles. The molecule has 3 heterocycles. The van der Waals surface area contributed by atoms with Crippen LogP contribution in [0.4, 0.5) is 0 Å². The average molecular weight is 190 g/mol. The fourth-order valence-electron chi connectivity index (χ4n) is 2.48. The quantitative estimate of drug-likeness (QED) is 0.667. The van der Waals surface area contributed by atoms with Crippen LogP contribution in [0, 0.1) is 0 Å². The largest absolute Gasteiger partial charge is 0.364 e. The standard InChI is InChI=1S/C11H14N2O/c1-3-11(8-13-4-1)10-6-12-5-2-9(10)7-14-11/h2,5-6,13H,1,3-4,7-8H2. The normalized spacial score (nSPS) is 30.6. The number of aromatic nitrogens is 1. The van der Waals surface area contributed by atoms with E-state index in [1.165, 1.54) is 17.5 Å². The summed E-state index contributed by atoms with van der Waals surface area (Å²) in [6.07, 6.45) is 6.12. The zero-order chi connectivity index (χ0) is 9.43. The Bertz CT molecular complexity index is 339. The van der Waals surface area contributed by atoms with E-state index in [1.54, 1.807) is 0 Å². The second kappa shape index (κ2) is 3.04. The molecule has 0 aliphatic carbocycles. The highest BCUT2D eigenvalue weighted by Gasteiger charge is 2.40. The molecular weight excluding hydrogens is 176 g/mol. The van der Waals surface area contributed by atoms with Crippen molar-refractivity contribution in [2.75, 3.05) is 13.1 Å². The van der Waals surface area contributed by atoms with Gasteiger partial charge in [0.05, 0.1) is 6.61 Å². The lowest BCUT2D eigenvalue weighted by molar-refractivity contribution is -0.0537. The van der Waals surface area contributed by atoms with Crippen molar-refractivity contribution in [1.29, 1.82) is 0 Å². The summed E-state index contributed by atoms with van der Waals surface area (Å²) in [6.45, 7) is 2.80. The first-order chi connectivity index (χ1) is 6.91. The van der Waals surface area contributed by atoms with Gasteiger partial charge in [0.15, 0.2) is 0 Å². The Kier molecular flexibility index (Phi) is 1.82. The molecule has 0 aromatic carbocycles. The number of ether oxygens (including phenoxy) is 1. The van der Waals surface area contributed by atoms with E-state index < -0.39 is 0 Å². The lowest BCUT2D eigenvalue weighted by Crippen LogP contribution is -2.43. The highest BCUT2D eigenvalue weighted by Crippen LogP contribution is 2.40. The summed E-state index contributed by atoms with van der Waals surface area (Å²) in [5, 5.41) is 3.41. The Morgan fingerprint density at radius 2 is 2.50 bits per heavy atom. The van der Waals surface area contributed by atoms with Crippen LogP contribution in [0.5, 0.6) is 0 Å². The molecule has 2 aliphatic heterocycles. The molecule has 2 aliphatic rings. The molecule has 1 atom stereocenters. The van der Waals surface area contributed by atoms with Crippen LogP contribution in [0.2, 0.25) is 0 Å². The van der Waals surface area contributed by atoms with Crippen molar-refractivity contribution in [3.8, 4) is 0 Å². The van der Waals surface area contributed by atoms with Crippen LogP contribution in [0.15, 0.2) is 18.5 Å². The number of hydrogen-bond acceptors (Lipinski definition) is 3. The molecule has 3 heteroatoms. The van der Waals surface area contributed by atoms with E-state index >= 15 is 0 Å². The Hall–Kier alpha value is -0.930. The molecule has 14 heavy (non-hydrogen) atoms. The topological polar surface area (TPSA) is 34.2 Å². The second-order valence-corrected chi connectivity index (χ2v) is 4.10. The van der Waals surface area contributed by atoms with Crippen molar-refractivity contribution >= 4 is 0 Å². The van der Waals surface area contributed by atoms with Crippen LogP contribution in [0.25, 0.3) is 0 Å². The first-order valence-corrected chi connectivity index (χ1v) is 5.19. The van der Waals surface area contributed by atoms with Gasteiger partial charge in [0.2, 0.25) is 0 Å². The van der Waals surface area contributed by atoms with E-state index in [4.69, 9.17) is 4.74 Å². The number of nitrogens with zero attached hydrogens (tertiary/aromatic N) is 1. The van der Waals surface area contributed by atoms with E-state index in [9.17, 15) is 0 Å². The molecule has 0 saturated carbocycles. The van der Waals surface area contributed by atoms with Gasteiger partial charge in [-0.1, -0.05) is 0 Å². The number of fused-ring (bicyclic) bond motifs is 2. The van der Waals surface area contributed by atoms with Gasteiger partial charge in [0.25, 0.3) is 0 Å². The van der Waals surface area contributed by atoms with Crippen LogP contribution in [-0.2, 0) is 16.9 Å². The molecule has 1 aromatic rings. The minimum absolute atomic E-state index is 0.0676. The molecule has 1 N–H and O–H groups in total. The Balaban J connectivity index is 2.03. The van der Waals surface area contributed by atoms with Gasteiger partial charge >= 0.3 is 0 Å². The van der Waals surface area contributed by atoms with Gasteiger partial charge in [0.1, 0.15) is 5.60 Å². The van der Waals surface area contributed by atoms with Crippen molar-refractivity contribution in [3.63, 3.8) is 0 Å². The van der Waals surface area contributed by atoms with E-state index in [0.717, 1.165) is 26.1 Å². The fourth-order valence-corrected chi connectivity index (χ4v) is 2.48.